The van der Waals surface area contributed by atoms with Gasteiger partial charge in [-0.3, -0.25) is 4.79 Å². The van der Waals surface area contributed by atoms with Crippen molar-refractivity contribution in [1.82, 2.24) is 9.97 Å². The first-order valence-electron chi connectivity index (χ1n) is 8.96. The number of amides is 1. The molecule has 3 aromatic rings. The number of ether oxygens (including phenoxy) is 1. The number of rotatable bonds is 5. The topological polar surface area (TPSA) is 131 Å². The minimum absolute atomic E-state index is 0.228. The van der Waals surface area contributed by atoms with Crippen molar-refractivity contribution in [3.8, 4) is 5.75 Å². The number of hydrogen-bond acceptors (Lipinski definition) is 8. The van der Waals surface area contributed by atoms with Crippen molar-refractivity contribution in [3.63, 3.8) is 0 Å². The molecule has 0 aliphatic heterocycles. The number of nitrogens with two attached hydrogens (primary N) is 1. The second kappa shape index (κ2) is 7.54. The van der Waals surface area contributed by atoms with Gasteiger partial charge in [0.2, 0.25) is 0 Å². The van der Waals surface area contributed by atoms with Crippen molar-refractivity contribution < 1.29 is 24.1 Å². The molecule has 10 heteroatoms. The van der Waals surface area contributed by atoms with Gasteiger partial charge in [0.1, 0.15) is 34.6 Å². The number of anilines is 2. The van der Waals surface area contributed by atoms with E-state index in [1.165, 1.54) is 35.9 Å². The van der Waals surface area contributed by atoms with Crippen LogP contribution in [0.15, 0.2) is 24.5 Å². The van der Waals surface area contributed by atoms with Crippen LogP contribution in [0.4, 0.5) is 15.9 Å². The maximum absolute atomic E-state index is 13.8. The van der Waals surface area contributed by atoms with Gasteiger partial charge < -0.3 is 26.0 Å². The Morgan fingerprint density at radius 3 is 2.72 bits per heavy atom. The monoisotopic (exact) mass is 418 g/mol. The van der Waals surface area contributed by atoms with Crippen molar-refractivity contribution in [3.05, 3.63) is 40.8 Å². The van der Waals surface area contributed by atoms with Crippen LogP contribution < -0.4 is 15.8 Å². The lowest BCUT2D eigenvalue weighted by atomic mass is 10.2. The molecule has 1 saturated carbocycles. The number of aromatic nitrogens is 2. The average Bonchev–Trinajstić information content (AvgIpc) is 3.17. The Balaban J connectivity index is 1.69. The summed E-state index contributed by atoms with van der Waals surface area (Å²) in [6.45, 7) is 1.76. The minimum atomic E-state index is -0.868. The second-order valence-corrected chi connectivity index (χ2v) is 7.93. The third-order valence-corrected chi connectivity index (χ3v) is 6.11. The predicted molar refractivity (Wildman–Crippen MR) is 106 cm³/mol. The van der Waals surface area contributed by atoms with E-state index in [-0.39, 0.29) is 18.6 Å². The number of aliphatic hydroxyl groups excluding tert-OH is 2. The predicted octanol–water partition coefficient (Wildman–Crippen LogP) is 2.24. The summed E-state index contributed by atoms with van der Waals surface area (Å²) in [5.41, 5.74) is 6.55. The van der Waals surface area contributed by atoms with Crippen molar-refractivity contribution in [2.75, 3.05) is 5.32 Å². The van der Waals surface area contributed by atoms with Crippen LogP contribution in [0, 0.1) is 12.7 Å². The molecule has 2 aromatic heterocycles. The number of carbonyl (C=O) groups excluding carboxylic acids is 1. The van der Waals surface area contributed by atoms with E-state index in [0.29, 0.717) is 32.2 Å². The Hall–Kier alpha value is -2.82. The number of aliphatic hydroxyl groups is 2. The summed E-state index contributed by atoms with van der Waals surface area (Å²) in [4.78, 5) is 21.1. The molecule has 0 bridgehead atoms. The second-order valence-electron chi connectivity index (χ2n) is 6.93. The molecule has 2 atom stereocenters. The summed E-state index contributed by atoms with van der Waals surface area (Å²) in [6, 6.07) is 4.02. The van der Waals surface area contributed by atoms with E-state index >= 15 is 0 Å². The molecule has 1 aliphatic carbocycles. The molecule has 1 fully saturated rings. The van der Waals surface area contributed by atoms with E-state index in [9.17, 15) is 19.4 Å². The first kappa shape index (κ1) is 19.5. The number of nitrogens with one attached hydrogen (secondary N) is 1. The van der Waals surface area contributed by atoms with E-state index in [0.717, 1.165) is 0 Å². The average molecular weight is 418 g/mol. The summed E-state index contributed by atoms with van der Waals surface area (Å²) < 4.78 is 19.7. The van der Waals surface area contributed by atoms with E-state index < -0.39 is 30.0 Å². The van der Waals surface area contributed by atoms with E-state index in [2.05, 4.69) is 15.3 Å². The molecule has 0 unspecified atom stereocenters. The highest BCUT2D eigenvalue weighted by molar-refractivity contribution is 7.20. The number of nitrogens with zero attached hydrogens (tertiary/aromatic N) is 2. The highest BCUT2D eigenvalue weighted by atomic mass is 32.1. The third kappa shape index (κ3) is 3.74. The van der Waals surface area contributed by atoms with Crippen LogP contribution in [0.2, 0.25) is 0 Å². The largest absolute Gasteiger partial charge is 0.488 e. The van der Waals surface area contributed by atoms with Gasteiger partial charge in [-0.2, -0.15) is 0 Å². The number of hydrogen-bond donors (Lipinski definition) is 4. The summed E-state index contributed by atoms with van der Waals surface area (Å²) in [5.74, 6) is -0.369. The van der Waals surface area contributed by atoms with Crippen LogP contribution in [-0.2, 0) is 0 Å². The lowest BCUT2D eigenvalue weighted by molar-refractivity contribution is 0.0438. The Labute approximate surface area is 169 Å². The molecule has 1 aromatic carbocycles. The summed E-state index contributed by atoms with van der Waals surface area (Å²) in [7, 11) is 0. The van der Waals surface area contributed by atoms with Gasteiger partial charge in [0.25, 0.3) is 5.91 Å². The number of fused-ring (bicyclic) bond motifs is 1. The standard InChI is InChI=1S/C19H19FN4O4S/c1-8-15-18(22-7-23-19(15)29-16(8)17(21)27)24-11-3-2-9(20)4-14(11)28-10-5-12(25)13(26)6-10/h2-4,7,10,12-13,25-26H,5-6H2,1H3,(H2,21,27)(H,22,23,24)/t12-,13-/m1/s1. The third-order valence-electron chi connectivity index (χ3n) is 4.89. The maximum atomic E-state index is 13.8. The summed E-state index contributed by atoms with van der Waals surface area (Å²) >= 11 is 1.18. The molecule has 1 aliphatic rings. The molecule has 8 nitrogen and oxygen atoms in total. The molecule has 2 heterocycles. The molecule has 0 radical (unpaired) electrons. The molecule has 1 amide bonds. The van der Waals surface area contributed by atoms with Crippen molar-refractivity contribution in [2.45, 2.75) is 38.1 Å². The number of thiophene rings is 1. The smallest absolute Gasteiger partial charge is 0.259 e. The first-order valence-corrected chi connectivity index (χ1v) is 9.78. The number of benzene rings is 1. The zero-order valence-electron chi connectivity index (χ0n) is 15.4. The fraction of sp³-hybridized carbons (Fsp3) is 0.316. The van der Waals surface area contributed by atoms with Crippen molar-refractivity contribution in [1.29, 1.82) is 0 Å². The Kier molecular flexibility index (Phi) is 5.07. The molecule has 152 valence electrons. The van der Waals surface area contributed by atoms with Crippen LogP contribution >= 0.6 is 11.3 Å². The molecule has 4 rings (SSSR count). The number of primary amides is 1. The van der Waals surface area contributed by atoms with Crippen LogP contribution in [0.1, 0.15) is 28.1 Å². The van der Waals surface area contributed by atoms with Gasteiger partial charge in [-0.15, -0.1) is 11.3 Å². The summed E-state index contributed by atoms with van der Waals surface area (Å²) in [5, 5.41) is 23.2. The highest BCUT2D eigenvalue weighted by Gasteiger charge is 2.33. The maximum Gasteiger partial charge on any atom is 0.259 e. The van der Waals surface area contributed by atoms with Crippen LogP contribution in [0.5, 0.6) is 5.75 Å². The van der Waals surface area contributed by atoms with Crippen molar-refractivity contribution >= 4 is 39.0 Å². The summed E-state index contributed by atoms with van der Waals surface area (Å²) in [6.07, 6.45) is -0.323. The molecule has 0 spiro atoms. The highest BCUT2D eigenvalue weighted by Crippen LogP contribution is 2.37. The fourth-order valence-corrected chi connectivity index (χ4v) is 4.45. The van der Waals surface area contributed by atoms with Gasteiger partial charge in [-0.25, -0.2) is 14.4 Å². The van der Waals surface area contributed by atoms with E-state index in [1.54, 1.807) is 6.92 Å². The van der Waals surface area contributed by atoms with E-state index in [1.807, 2.05) is 0 Å². The van der Waals surface area contributed by atoms with Gasteiger partial charge in [0.05, 0.1) is 28.2 Å². The molecule has 29 heavy (non-hydrogen) atoms. The van der Waals surface area contributed by atoms with Crippen LogP contribution in [0.25, 0.3) is 10.2 Å². The van der Waals surface area contributed by atoms with Crippen LogP contribution in [-0.4, -0.2) is 44.4 Å². The Morgan fingerprint density at radius 2 is 2.03 bits per heavy atom. The molecule has 5 N–H and O–H groups in total. The fourth-order valence-electron chi connectivity index (χ4n) is 3.45. The molecular formula is C19H19FN4O4S. The Morgan fingerprint density at radius 1 is 1.31 bits per heavy atom. The lowest BCUT2D eigenvalue weighted by Crippen LogP contribution is -2.17. The Bertz CT molecular complexity index is 1080. The van der Waals surface area contributed by atoms with Gasteiger partial charge >= 0.3 is 0 Å². The van der Waals surface area contributed by atoms with Crippen molar-refractivity contribution in [2.24, 2.45) is 5.73 Å². The first-order chi connectivity index (χ1) is 13.8. The van der Waals surface area contributed by atoms with Gasteiger partial charge in [0, 0.05) is 18.9 Å². The SMILES string of the molecule is Cc1c(C(N)=O)sc2ncnc(Nc3ccc(F)cc3OC3C[C@@H](O)[C@H](O)C3)c12. The normalized spacial score (nSPS) is 19.6. The lowest BCUT2D eigenvalue weighted by Gasteiger charge is -2.17. The van der Waals surface area contributed by atoms with E-state index in [4.69, 9.17) is 10.5 Å². The quantitative estimate of drug-likeness (QED) is 0.500. The zero-order valence-corrected chi connectivity index (χ0v) is 16.2. The number of halogens is 1. The number of aryl methyl sites for hydroxylation is 1. The molecule has 0 saturated heterocycles. The zero-order chi connectivity index (χ0) is 20.7. The van der Waals surface area contributed by atoms with Gasteiger partial charge in [-0.1, -0.05) is 0 Å². The molecular weight excluding hydrogens is 399 g/mol. The van der Waals surface area contributed by atoms with Gasteiger partial charge in [0.15, 0.2) is 0 Å². The number of carbonyl (C=O) groups is 1. The van der Waals surface area contributed by atoms with Crippen LogP contribution in [0.3, 0.4) is 0 Å². The minimum Gasteiger partial charge on any atom is -0.488 e. The van der Waals surface area contributed by atoms with Gasteiger partial charge in [-0.05, 0) is 24.6 Å².